The largest absolute Gasteiger partial charge is 0.496 e. The van der Waals surface area contributed by atoms with Crippen LogP contribution in [0.3, 0.4) is 0 Å². The van der Waals surface area contributed by atoms with Crippen molar-refractivity contribution < 1.29 is 27.5 Å². The first-order valence-electron chi connectivity index (χ1n) is 11.4. The van der Waals surface area contributed by atoms with Gasteiger partial charge in [-0.2, -0.15) is 0 Å². The number of carbonyl (C=O) groups is 2. The Morgan fingerprint density at radius 1 is 1.09 bits per heavy atom. The number of fused-ring (bicyclic) bond motifs is 1. The van der Waals surface area contributed by atoms with Crippen LogP contribution in [0.4, 0.5) is 5.69 Å². The van der Waals surface area contributed by atoms with Gasteiger partial charge >= 0.3 is 5.97 Å². The fraction of sp³-hybridized carbons (Fsp3) is 0.440. The molecular weight excluding hydrogens is 456 g/mol. The van der Waals surface area contributed by atoms with Crippen LogP contribution in [0.5, 0.6) is 5.75 Å². The Bertz CT molecular complexity index is 1200. The second-order valence-corrected chi connectivity index (χ2v) is 10.9. The molecule has 182 valence electrons. The summed E-state index contributed by atoms with van der Waals surface area (Å²) < 4.78 is 38.7. The van der Waals surface area contributed by atoms with Crippen LogP contribution in [0.15, 0.2) is 47.4 Å². The molecule has 0 radical (unpaired) electrons. The third-order valence-corrected chi connectivity index (χ3v) is 8.71. The van der Waals surface area contributed by atoms with Crippen LogP contribution in [-0.2, 0) is 26.0 Å². The summed E-state index contributed by atoms with van der Waals surface area (Å²) in [6, 6.07) is 11.6. The zero-order chi connectivity index (χ0) is 24.5. The summed E-state index contributed by atoms with van der Waals surface area (Å²) in [4.78, 5) is 26.0. The zero-order valence-corrected chi connectivity index (χ0v) is 20.5. The molecule has 0 atom stereocenters. The lowest BCUT2D eigenvalue weighted by molar-refractivity contribution is -0.150. The lowest BCUT2D eigenvalue weighted by Gasteiger charge is -2.37. The van der Waals surface area contributed by atoms with E-state index >= 15 is 0 Å². The molecule has 2 aliphatic rings. The number of para-hydroxylation sites is 1. The van der Waals surface area contributed by atoms with Gasteiger partial charge in [0, 0.05) is 6.54 Å². The van der Waals surface area contributed by atoms with E-state index in [9.17, 15) is 18.0 Å². The van der Waals surface area contributed by atoms with E-state index in [-0.39, 0.29) is 16.2 Å². The molecule has 0 unspecified atom stereocenters. The fourth-order valence-corrected chi connectivity index (χ4v) is 6.35. The Labute approximate surface area is 200 Å². The standard InChI is InChI=1S/C25H30N2O6S/c1-17-10-13-25(14-11-17,24(29)33-3)26-23(28)20-16-19(8-9-22(20)32-2)34(30,31)27-15-12-18-6-4-5-7-21(18)27/h4-9,16-17H,10-15H2,1-3H3,(H,26,28). The summed E-state index contributed by atoms with van der Waals surface area (Å²) >= 11 is 0. The van der Waals surface area contributed by atoms with E-state index in [1.54, 1.807) is 12.1 Å². The highest BCUT2D eigenvalue weighted by Crippen LogP contribution is 2.36. The van der Waals surface area contributed by atoms with Crippen molar-refractivity contribution in [1.82, 2.24) is 5.32 Å². The van der Waals surface area contributed by atoms with Crippen molar-refractivity contribution in [3.8, 4) is 5.75 Å². The number of nitrogens with one attached hydrogen (secondary N) is 1. The van der Waals surface area contributed by atoms with Gasteiger partial charge in [0.15, 0.2) is 0 Å². The summed E-state index contributed by atoms with van der Waals surface area (Å²) in [5, 5.41) is 2.86. The molecule has 4 rings (SSSR count). The van der Waals surface area contributed by atoms with Crippen molar-refractivity contribution in [3.63, 3.8) is 0 Å². The van der Waals surface area contributed by atoms with E-state index in [4.69, 9.17) is 9.47 Å². The summed E-state index contributed by atoms with van der Waals surface area (Å²) in [6.07, 6.45) is 3.08. The molecule has 2 aromatic rings. The van der Waals surface area contributed by atoms with Crippen molar-refractivity contribution >= 4 is 27.6 Å². The van der Waals surface area contributed by atoms with Crippen LogP contribution in [0.25, 0.3) is 0 Å². The van der Waals surface area contributed by atoms with E-state index in [1.165, 1.54) is 36.7 Å². The average molecular weight is 487 g/mol. The highest BCUT2D eigenvalue weighted by molar-refractivity contribution is 7.92. The first-order chi connectivity index (χ1) is 16.2. The molecule has 2 aromatic carbocycles. The molecule has 0 spiro atoms. The van der Waals surface area contributed by atoms with Crippen molar-refractivity contribution in [2.45, 2.75) is 49.5 Å². The Kier molecular flexibility index (Phi) is 6.58. The minimum absolute atomic E-state index is 0.0143. The van der Waals surface area contributed by atoms with Gasteiger partial charge in [0.1, 0.15) is 11.3 Å². The number of ether oxygens (including phenoxy) is 2. The highest BCUT2D eigenvalue weighted by Gasteiger charge is 2.44. The number of esters is 1. The monoisotopic (exact) mass is 486 g/mol. The Morgan fingerprint density at radius 3 is 2.47 bits per heavy atom. The molecule has 1 amide bonds. The number of hydrogen-bond donors (Lipinski definition) is 1. The number of nitrogens with zero attached hydrogens (tertiary/aromatic N) is 1. The van der Waals surface area contributed by atoms with Crippen LogP contribution in [-0.4, -0.2) is 46.6 Å². The molecular formula is C25H30N2O6S. The Hall–Kier alpha value is -3.07. The Morgan fingerprint density at radius 2 is 1.79 bits per heavy atom. The van der Waals surface area contributed by atoms with Crippen LogP contribution in [0.1, 0.15) is 48.5 Å². The number of anilines is 1. The third kappa shape index (κ3) is 4.24. The van der Waals surface area contributed by atoms with Gasteiger partial charge < -0.3 is 14.8 Å². The van der Waals surface area contributed by atoms with E-state index in [0.29, 0.717) is 37.4 Å². The summed E-state index contributed by atoms with van der Waals surface area (Å²) in [5.41, 5.74) is 0.513. The predicted molar refractivity (Wildman–Crippen MR) is 128 cm³/mol. The topological polar surface area (TPSA) is 102 Å². The molecule has 0 bridgehead atoms. The second kappa shape index (κ2) is 9.29. The van der Waals surface area contributed by atoms with Gasteiger partial charge in [-0.25, -0.2) is 13.2 Å². The van der Waals surface area contributed by atoms with Gasteiger partial charge in [-0.3, -0.25) is 9.10 Å². The molecule has 1 aliphatic heterocycles. The second-order valence-electron chi connectivity index (χ2n) is 9.03. The van der Waals surface area contributed by atoms with Gasteiger partial charge in [-0.05, 0) is 67.9 Å². The van der Waals surface area contributed by atoms with Gasteiger partial charge in [-0.15, -0.1) is 0 Å². The summed E-state index contributed by atoms with van der Waals surface area (Å²) in [7, 11) is -1.19. The molecule has 9 heteroatoms. The minimum atomic E-state index is -3.90. The maximum Gasteiger partial charge on any atom is 0.331 e. The quantitative estimate of drug-likeness (QED) is 0.629. The molecule has 1 heterocycles. The van der Waals surface area contributed by atoms with Crippen molar-refractivity contribution in [2.24, 2.45) is 5.92 Å². The number of carbonyl (C=O) groups excluding carboxylic acids is 2. The smallest absolute Gasteiger partial charge is 0.331 e. The van der Waals surface area contributed by atoms with Crippen LogP contribution >= 0.6 is 0 Å². The summed E-state index contributed by atoms with van der Waals surface area (Å²) in [5.74, 6) is -0.400. The van der Waals surface area contributed by atoms with Crippen molar-refractivity contribution in [2.75, 3.05) is 25.1 Å². The number of rotatable bonds is 6. The molecule has 0 aromatic heterocycles. The molecule has 34 heavy (non-hydrogen) atoms. The number of amides is 1. The fourth-order valence-electron chi connectivity index (χ4n) is 4.82. The van der Waals surface area contributed by atoms with Crippen molar-refractivity contribution in [3.05, 3.63) is 53.6 Å². The third-order valence-electron chi connectivity index (χ3n) is 6.90. The van der Waals surface area contributed by atoms with Crippen LogP contribution < -0.4 is 14.4 Å². The van der Waals surface area contributed by atoms with Gasteiger partial charge in [-0.1, -0.05) is 25.1 Å². The van der Waals surface area contributed by atoms with Gasteiger partial charge in [0.25, 0.3) is 15.9 Å². The SMILES string of the molecule is COC(=O)C1(NC(=O)c2cc(S(=O)(=O)N3CCc4ccccc43)ccc2OC)CCC(C)CC1. The summed E-state index contributed by atoms with van der Waals surface area (Å²) in [6.45, 7) is 2.44. The van der Waals surface area contributed by atoms with E-state index in [2.05, 4.69) is 12.2 Å². The maximum absolute atomic E-state index is 13.5. The number of benzene rings is 2. The van der Waals surface area contributed by atoms with E-state index in [0.717, 1.165) is 18.4 Å². The van der Waals surface area contributed by atoms with Crippen molar-refractivity contribution in [1.29, 1.82) is 0 Å². The lowest BCUT2D eigenvalue weighted by atomic mass is 9.77. The highest BCUT2D eigenvalue weighted by atomic mass is 32.2. The van der Waals surface area contributed by atoms with Gasteiger partial charge in [0.2, 0.25) is 0 Å². The van der Waals surface area contributed by atoms with E-state index < -0.39 is 27.4 Å². The van der Waals surface area contributed by atoms with Gasteiger partial charge in [0.05, 0.1) is 30.4 Å². The first-order valence-corrected chi connectivity index (χ1v) is 12.9. The first kappa shape index (κ1) is 24.1. The maximum atomic E-state index is 13.5. The minimum Gasteiger partial charge on any atom is -0.496 e. The van der Waals surface area contributed by atoms with E-state index in [1.807, 2.05) is 12.1 Å². The molecule has 1 aliphatic carbocycles. The normalized spacial score (nSPS) is 22.1. The molecule has 1 fully saturated rings. The number of methoxy groups -OCH3 is 2. The predicted octanol–water partition coefficient (Wildman–Crippen LogP) is 3.30. The van der Waals surface area contributed by atoms with Crippen LogP contribution in [0.2, 0.25) is 0 Å². The number of hydrogen-bond acceptors (Lipinski definition) is 6. The molecule has 0 saturated heterocycles. The zero-order valence-electron chi connectivity index (χ0n) is 19.7. The average Bonchev–Trinajstić information content (AvgIpc) is 3.29. The molecule has 1 N–H and O–H groups in total. The molecule has 1 saturated carbocycles. The molecule has 8 nitrogen and oxygen atoms in total. The van der Waals surface area contributed by atoms with Crippen LogP contribution in [0, 0.1) is 5.92 Å². The lowest BCUT2D eigenvalue weighted by Crippen LogP contribution is -2.56. The number of sulfonamides is 1. The Balaban J connectivity index is 1.68.